The first-order valence-electron chi connectivity index (χ1n) is 11.0. The van der Waals surface area contributed by atoms with Crippen LogP contribution in [0.1, 0.15) is 25.3 Å². The highest BCUT2D eigenvalue weighted by Gasteiger charge is 2.19. The number of fused-ring (bicyclic) bond motifs is 1. The van der Waals surface area contributed by atoms with Crippen LogP contribution in [-0.2, 0) is 0 Å². The van der Waals surface area contributed by atoms with Gasteiger partial charge in [0.25, 0.3) is 5.56 Å². The SMILES string of the molecule is COc1cc(OC)cc(N(CCCO)c2ccc3ncn(C4CCNCC4)c(=O)c3c2)c1. The Hall–Kier alpha value is -3.10. The van der Waals surface area contributed by atoms with Crippen LogP contribution < -0.4 is 25.2 Å². The monoisotopic (exact) mass is 438 g/mol. The second-order valence-electron chi connectivity index (χ2n) is 7.94. The van der Waals surface area contributed by atoms with Crippen LogP contribution in [-0.4, -0.2) is 55.1 Å². The fourth-order valence-corrected chi connectivity index (χ4v) is 4.22. The van der Waals surface area contributed by atoms with E-state index in [0.717, 1.165) is 37.3 Å². The molecule has 2 N–H and O–H groups in total. The molecule has 32 heavy (non-hydrogen) atoms. The Labute approximate surface area is 187 Å². The molecule has 0 spiro atoms. The molecule has 0 radical (unpaired) electrons. The Bertz CT molecular complexity index is 1100. The summed E-state index contributed by atoms with van der Waals surface area (Å²) in [5.74, 6) is 1.34. The fourth-order valence-electron chi connectivity index (χ4n) is 4.22. The van der Waals surface area contributed by atoms with Gasteiger partial charge in [0, 0.05) is 48.8 Å². The third kappa shape index (κ3) is 4.56. The zero-order valence-electron chi connectivity index (χ0n) is 18.6. The number of aliphatic hydroxyl groups is 1. The molecule has 170 valence electrons. The van der Waals surface area contributed by atoms with Crippen molar-refractivity contribution in [1.82, 2.24) is 14.9 Å². The molecule has 3 aromatic rings. The fraction of sp³-hybridized carbons (Fsp3) is 0.417. The Morgan fingerprint density at radius 1 is 1.09 bits per heavy atom. The largest absolute Gasteiger partial charge is 0.497 e. The zero-order chi connectivity index (χ0) is 22.5. The summed E-state index contributed by atoms with van der Waals surface area (Å²) in [6, 6.07) is 11.5. The lowest BCUT2D eigenvalue weighted by atomic mass is 10.1. The van der Waals surface area contributed by atoms with Crippen molar-refractivity contribution in [3.8, 4) is 11.5 Å². The molecule has 0 unspecified atom stereocenters. The van der Waals surface area contributed by atoms with Crippen molar-refractivity contribution in [2.45, 2.75) is 25.3 Å². The summed E-state index contributed by atoms with van der Waals surface area (Å²) in [4.78, 5) is 20.0. The van der Waals surface area contributed by atoms with E-state index in [0.29, 0.717) is 35.4 Å². The van der Waals surface area contributed by atoms with Gasteiger partial charge in [-0.3, -0.25) is 9.36 Å². The minimum Gasteiger partial charge on any atom is -0.497 e. The summed E-state index contributed by atoms with van der Waals surface area (Å²) in [6.45, 7) is 2.44. The number of methoxy groups -OCH3 is 2. The van der Waals surface area contributed by atoms with Crippen LogP contribution in [0.3, 0.4) is 0 Å². The molecule has 0 aliphatic carbocycles. The van der Waals surface area contributed by atoms with Crippen LogP contribution in [0, 0.1) is 0 Å². The lowest BCUT2D eigenvalue weighted by Gasteiger charge is -2.27. The number of hydrogen-bond donors (Lipinski definition) is 2. The summed E-state index contributed by atoms with van der Waals surface area (Å²) < 4.78 is 12.6. The third-order valence-electron chi connectivity index (χ3n) is 5.97. The Morgan fingerprint density at radius 3 is 2.47 bits per heavy atom. The van der Waals surface area contributed by atoms with Crippen LogP contribution >= 0.6 is 0 Å². The van der Waals surface area contributed by atoms with Crippen LogP contribution in [0.15, 0.2) is 47.5 Å². The standard InChI is InChI=1S/C24H30N4O4/c1-31-20-12-19(13-21(15-20)32-2)27(10-3-11-29)18-4-5-23-22(14-18)24(30)28(16-26-23)17-6-8-25-9-7-17/h4-5,12-17,25,29H,3,6-11H2,1-2H3. The highest BCUT2D eigenvalue weighted by Crippen LogP contribution is 2.34. The number of nitrogens with one attached hydrogen (secondary N) is 1. The topological polar surface area (TPSA) is 88.8 Å². The van der Waals surface area contributed by atoms with Crippen molar-refractivity contribution in [2.24, 2.45) is 0 Å². The molecule has 4 rings (SSSR count). The first-order chi connectivity index (χ1) is 15.6. The number of rotatable bonds is 8. The summed E-state index contributed by atoms with van der Waals surface area (Å²) in [5, 5.41) is 13.4. The van der Waals surface area contributed by atoms with Gasteiger partial charge in [0.1, 0.15) is 11.5 Å². The number of nitrogens with zero attached hydrogens (tertiary/aromatic N) is 3. The smallest absolute Gasteiger partial charge is 0.261 e. The molecule has 0 bridgehead atoms. The van der Waals surface area contributed by atoms with E-state index in [4.69, 9.17) is 9.47 Å². The summed E-state index contributed by atoms with van der Waals surface area (Å²) in [5.41, 5.74) is 2.36. The van der Waals surface area contributed by atoms with Crippen LogP contribution in [0.5, 0.6) is 11.5 Å². The van der Waals surface area contributed by atoms with E-state index in [9.17, 15) is 9.90 Å². The molecule has 2 aromatic carbocycles. The van der Waals surface area contributed by atoms with Gasteiger partial charge in [-0.05, 0) is 50.6 Å². The maximum Gasteiger partial charge on any atom is 0.261 e. The quantitative estimate of drug-likeness (QED) is 0.559. The first kappa shape index (κ1) is 22.1. The van der Waals surface area contributed by atoms with Crippen LogP contribution in [0.2, 0.25) is 0 Å². The maximum atomic E-state index is 13.4. The number of benzene rings is 2. The van der Waals surface area contributed by atoms with Gasteiger partial charge < -0.3 is 24.8 Å². The van der Waals surface area contributed by atoms with E-state index in [-0.39, 0.29) is 18.2 Å². The number of aliphatic hydroxyl groups excluding tert-OH is 1. The summed E-state index contributed by atoms with van der Waals surface area (Å²) in [6.07, 6.45) is 4.08. The van der Waals surface area contributed by atoms with Gasteiger partial charge in [-0.2, -0.15) is 0 Å². The van der Waals surface area contributed by atoms with E-state index >= 15 is 0 Å². The molecule has 1 fully saturated rings. The molecule has 1 aliphatic heterocycles. The number of ether oxygens (including phenoxy) is 2. The van der Waals surface area contributed by atoms with Crippen LogP contribution in [0.4, 0.5) is 11.4 Å². The molecular formula is C24H30N4O4. The molecule has 8 heteroatoms. The molecule has 0 saturated carbocycles. The molecule has 2 heterocycles. The normalized spacial score (nSPS) is 14.5. The number of piperidine rings is 1. The van der Waals surface area contributed by atoms with Gasteiger partial charge in [0.2, 0.25) is 0 Å². The minimum atomic E-state index is -0.0194. The van der Waals surface area contributed by atoms with Crippen molar-refractivity contribution < 1.29 is 14.6 Å². The predicted octanol–water partition coefficient (Wildman–Crippen LogP) is 2.86. The lowest BCUT2D eigenvalue weighted by molar-refractivity contribution is 0.291. The average Bonchev–Trinajstić information content (AvgIpc) is 2.85. The first-order valence-corrected chi connectivity index (χ1v) is 11.0. The molecule has 8 nitrogen and oxygen atoms in total. The van der Waals surface area contributed by atoms with E-state index in [1.165, 1.54) is 0 Å². The van der Waals surface area contributed by atoms with Gasteiger partial charge in [0.15, 0.2) is 0 Å². The summed E-state index contributed by atoms with van der Waals surface area (Å²) in [7, 11) is 3.23. The van der Waals surface area contributed by atoms with Crippen molar-refractivity contribution in [1.29, 1.82) is 0 Å². The van der Waals surface area contributed by atoms with E-state index in [1.807, 2.05) is 36.4 Å². The maximum absolute atomic E-state index is 13.4. The Kier molecular flexibility index (Phi) is 6.92. The second kappa shape index (κ2) is 10.0. The molecule has 1 aromatic heterocycles. The number of anilines is 2. The van der Waals surface area contributed by atoms with Crippen molar-refractivity contribution in [2.75, 3.05) is 45.4 Å². The van der Waals surface area contributed by atoms with Gasteiger partial charge in [-0.1, -0.05) is 0 Å². The van der Waals surface area contributed by atoms with Gasteiger partial charge in [-0.15, -0.1) is 0 Å². The average molecular weight is 439 g/mol. The van der Waals surface area contributed by atoms with Gasteiger partial charge in [0.05, 0.1) is 31.4 Å². The van der Waals surface area contributed by atoms with Crippen molar-refractivity contribution in [3.63, 3.8) is 0 Å². The van der Waals surface area contributed by atoms with Crippen molar-refractivity contribution >= 4 is 22.3 Å². The zero-order valence-corrected chi connectivity index (χ0v) is 18.6. The van der Waals surface area contributed by atoms with Crippen LogP contribution in [0.25, 0.3) is 10.9 Å². The highest BCUT2D eigenvalue weighted by atomic mass is 16.5. The van der Waals surface area contributed by atoms with E-state index in [2.05, 4.69) is 15.2 Å². The Morgan fingerprint density at radius 2 is 1.81 bits per heavy atom. The molecule has 1 saturated heterocycles. The lowest BCUT2D eigenvalue weighted by Crippen LogP contribution is -2.34. The highest BCUT2D eigenvalue weighted by molar-refractivity contribution is 5.83. The molecule has 1 aliphatic rings. The number of aromatic nitrogens is 2. The molecule has 0 amide bonds. The number of hydrogen-bond acceptors (Lipinski definition) is 7. The van der Waals surface area contributed by atoms with Gasteiger partial charge in [-0.25, -0.2) is 4.98 Å². The van der Waals surface area contributed by atoms with E-state index in [1.54, 1.807) is 25.1 Å². The molecule has 0 atom stereocenters. The summed E-state index contributed by atoms with van der Waals surface area (Å²) >= 11 is 0. The van der Waals surface area contributed by atoms with Gasteiger partial charge >= 0.3 is 0 Å². The van der Waals surface area contributed by atoms with E-state index < -0.39 is 0 Å². The molecular weight excluding hydrogens is 408 g/mol. The predicted molar refractivity (Wildman–Crippen MR) is 125 cm³/mol. The van der Waals surface area contributed by atoms with Crippen molar-refractivity contribution in [3.05, 3.63) is 53.1 Å². The minimum absolute atomic E-state index is 0.0194. The third-order valence-corrected chi connectivity index (χ3v) is 5.97. The second-order valence-corrected chi connectivity index (χ2v) is 7.94. The Balaban J connectivity index is 1.79.